The highest BCUT2D eigenvalue weighted by atomic mass is 19.1. The number of benzene rings is 1. The van der Waals surface area contributed by atoms with Gasteiger partial charge < -0.3 is 9.30 Å². The van der Waals surface area contributed by atoms with Crippen molar-refractivity contribution < 1.29 is 9.13 Å². The molecule has 0 saturated heterocycles. The Kier molecular flexibility index (Phi) is 3.07. The van der Waals surface area contributed by atoms with Gasteiger partial charge >= 0.3 is 0 Å². The molecule has 0 amide bonds. The number of imidazole rings is 1. The average molecular weight is 286 g/mol. The summed E-state index contributed by atoms with van der Waals surface area (Å²) < 4.78 is 21.9. The lowest BCUT2D eigenvalue weighted by atomic mass is 9.81. The fourth-order valence-corrected chi connectivity index (χ4v) is 3.78. The lowest BCUT2D eigenvalue weighted by Crippen LogP contribution is -2.30. The van der Waals surface area contributed by atoms with E-state index < -0.39 is 5.67 Å². The topological polar surface area (TPSA) is 27.1 Å². The molecular weight excluding hydrogens is 267 g/mol. The molecule has 1 aromatic heterocycles. The van der Waals surface area contributed by atoms with Crippen LogP contribution < -0.4 is 0 Å². The molecule has 2 aromatic rings. The molecule has 5 rings (SSSR count). The maximum Gasteiger partial charge on any atom is 0.135 e. The van der Waals surface area contributed by atoms with Crippen LogP contribution in [0.3, 0.4) is 0 Å². The minimum atomic E-state index is -0.901. The molecule has 3 fully saturated rings. The molecule has 0 radical (unpaired) electrons. The summed E-state index contributed by atoms with van der Waals surface area (Å²) >= 11 is 0. The Labute approximate surface area is 123 Å². The monoisotopic (exact) mass is 286 g/mol. The molecule has 4 heteroatoms. The maximum atomic E-state index is 14.1. The molecule has 1 heterocycles. The smallest absolute Gasteiger partial charge is 0.135 e. The zero-order valence-electron chi connectivity index (χ0n) is 11.9. The third kappa shape index (κ3) is 2.38. The van der Waals surface area contributed by atoms with Gasteiger partial charge in [-0.15, -0.1) is 0 Å². The highest BCUT2D eigenvalue weighted by Gasteiger charge is 2.57. The van der Waals surface area contributed by atoms with Crippen LogP contribution in [-0.2, 0) is 18.0 Å². The van der Waals surface area contributed by atoms with Crippen LogP contribution in [0.25, 0.3) is 0 Å². The molecule has 1 unspecified atom stereocenters. The Balaban J connectivity index is 1.39. The van der Waals surface area contributed by atoms with Crippen LogP contribution in [0.5, 0.6) is 0 Å². The third-order valence-electron chi connectivity index (χ3n) is 4.82. The molecule has 0 aliphatic heterocycles. The van der Waals surface area contributed by atoms with Crippen molar-refractivity contribution in [2.45, 2.75) is 44.2 Å². The second-order valence-corrected chi connectivity index (χ2v) is 6.32. The van der Waals surface area contributed by atoms with Gasteiger partial charge in [0.2, 0.25) is 0 Å². The van der Waals surface area contributed by atoms with E-state index in [4.69, 9.17) is 4.74 Å². The Hall–Kier alpha value is -1.68. The zero-order chi connectivity index (χ0) is 14.3. The first-order valence-corrected chi connectivity index (χ1v) is 7.56. The molecule has 1 aromatic carbocycles. The highest BCUT2D eigenvalue weighted by molar-refractivity contribution is 5.14. The molecule has 0 spiro atoms. The van der Waals surface area contributed by atoms with Gasteiger partial charge in [0.15, 0.2) is 0 Å². The summed E-state index contributed by atoms with van der Waals surface area (Å²) in [7, 11) is 0. The SMILES string of the molecule is FC12CC(C1)C(n1ccnc1COCc1ccccc1)C2. The number of alkyl halides is 1. The predicted octanol–water partition coefficient (Wildman–Crippen LogP) is 3.66. The van der Waals surface area contributed by atoms with Gasteiger partial charge in [0.05, 0.1) is 6.61 Å². The summed E-state index contributed by atoms with van der Waals surface area (Å²) in [6, 6.07) is 10.4. The van der Waals surface area contributed by atoms with Crippen LogP contribution in [-0.4, -0.2) is 15.2 Å². The lowest BCUT2D eigenvalue weighted by molar-refractivity contribution is 0.0732. The van der Waals surface area contributed by atoms with Gasteiger partial charge in [0.25, 0.3) is 0 Å². The number of nitrogens with zero attached hydrogens (tertiary/aromatic N) is 2. The van der Waals surface area contributed by atoms with E-state index in [1.807, 2.05) is 36.5 Å². The van der Waals surface area contributed by atoms with Gasteiger partial charge in [0.1, 0.15) is 18.1 Å². The van der Waals surface area contributed by atoms with E-state index in [9.17, 15) is 4.39 Å². The summed E-state index contributed by atoms with van der Waals surface area (Å²) in [5, 5.41) is 0. The number of rotatable bonds is 5. The molecule has 0 N–H and O–H groups in total. The van der Waals surface area contributed by atoms with E-state index in [1.54, 1.807) is 6.20 Å². The normalized spacial score (nSPS) is 30.3. The quantitative estimate of drug-likeness (QED) is 0.838. The first-order valence-electron chi connectivity index (χ1n) is 7.56. The van der Waals surface area contributed by atoms with Crippen LogP contribution in [0.1, 0.15) is 36.7 Å². The molecule has 21 heavy (non-hydrogen) atoms. The summed E-state index contributed by atoms with van der Waals surface area (Å²) in [5.41, 5.74) is 0.253. The third-order valence-corrected chi connectivity index (χ3v) is 4.82. The number of ether oxygens (including phenoxy) is 1. The van der Waals surface area contributed by atoms with E-state index in [0.29, 0.717) is 25.6 Å². The van der Waals surface area contributed by atoms with Crippen LogP contribution in [0.15, 0.2) is 42.7 Å². The largest absolute Gasteiger partial charge is 0.369 e. The molecule has 3 nitrogen and oxygen atoms in total. The van der Waals surface area contributed by atoms with Crippen molar-refractivity contribution in [1.82, 2.24) is 9.55 Å². The van der Waals surface area contributed by atoms with Gasteiger partial charge in [-0.3, -0.25) is 0 Å². The lowest BCUT2D eigenvalue weighted by Gasteiger charge is -2.30. The van der Waals surface area contributed by atoms with E-state index in [2.05, 4.69) is 9.55 Å². The fraction of sp³-hybridized carbons (Fsp3) is 0.471. The zero-order valence-corrected chi connectivity index (χ0v) is 11.9. The van der Waals surface area contributed by atoms with E-state index in [1.165, 1.54) is 0 Å². The molecule has 3 aliphatic carbocycles. The highest BCUT2D eigenvalue weighted by Crippen LogP contribution is 2.60. The van der Waals surface area contributed by atoms with E-state index >= 15 is 0 Å². The minimum absolute atomic E-state index is 0.271. The first kappa shape index (κ1) is 13.0. The Bertz CT molecular complexity index is 619. The summed E-state index contributed by atoms with van der Waals surface area (Å²) in [5.74, 6) is 1.39. The van der Waals surface area contributed by atoms with Gasteiger partial charge in [-0.05, 0) is 24.3 Å². The maximum absolute atomic E-state index is 14.1. The van der Waals surface area contributed by atoms with Gasteiger partial charge in [-0.2, -0.15) is 0 Å². The molecule has 110 valence electrons. The van der Waals surface area contributed by atoms with Gasteiger partial charge in [0, 0.05) is 24.9 Å². The van der Waals surface area contributed by atoms with Crippen molar-refractivity contribution in [2.75, 3.05) is 0 Å². The Morgan fingerprint density at radius 2 is 2.00 bits per heavy atom. The number of aromatic nitrogens is 2. The minimum Gasteiger partial charge on any atom is -0.369 e. The van der Waals surface area contributed by atoms with E-state index in [-0.39, 0.29) is 6.04 Å². The fourth-order valence-electron chi connectivity index (χ4n) is 3.78. The first-order chi connectivity index (χ1) is 10.2. The predicted molar refractivity (Wildman–Crippen MR) is 77.4 cm³/mol. The van der Waals surface area contributed by atoms with Crippen molar-refractivity contribution in [2.24, 2.45) is 5.92 Å². The van der Waals surface area contributed by atoms with Crippen LogP contribution in [0.4, 0.5) is 4.39 Å². The van der Waals surface area contributed by atoms with Crippen molar-refractivity contribution >= 4 is 0 Å². The molecular formula is C17H19FN2O. The van der Waals surface area contributed by atoms with Gasteiger partial charge in [-0.25, -0.2) is 9.37 Å². The van der Waals surface area contributed by atoms with Crippen LogP contribution in [0.2, 0.25) is 0 Å². The van der Waals surface area contributed by atoms with Crippen molar-refractivity contribution in [3.63, 3.8) is 0 Å². The van der Waals surface area contributed by atoms with Crippen molar-refractivity contribution in [1.29, 1.82) is 0 Å². The summed E-state index contributed by atoms with van der Waals surface area (Å²) in [4.78, 5) is 4.38. The van der Waals surface area contributed by atoms with Crippen LogP contribution >= 0.6 is 0 Å². The summed E-state index contributed by atoms with van der Waals surface area (Å²) in [6.07, 6.45) is 5.85. The number of hydrogen-bond acceptors (Lipinski definition) is 2. The Morgan fingerprint density at radius 3 is 2.71 bits per heavy atom. The number of fused-ring (bicyclic) bond motifs is 1. The average Bonchev–Trinajstić information content (AvgIpc) is 3.12. The molecule has 3 saturated carbocycles. The van der Waals surface area contributed by atoms with Crippen molar-refractivity contribution in [3.8, 4) is 0 Å². The second-order valence-electron chi connectivity index (χ2n) is 6.32. The molecule has 3 aliphatic rings. The van der Waals surface area contributed by atoms with Crippen molar-refractivity contribution in [3.05, 3.63) is 54.1 Å². The number of halogens is 1. The standard InChI is InChI=1S/C17H19FN2O/c18-17-8-14(9-17)15(10-17)20-7-6-19-16(20)12-21-11-13-4-2-1-3-5-13/h1-7,14-15H,8-12H2. The Morgan fingerprint density at radius 1 is 1.19 bits per heavy atom. The van der Waals surface area contributed by atoms with E-state index in [0.717, 1.165) is 24.2 Å². The molecule has 2 bridgehead atoms. The number of hydrogen-bond donors (Lipinski definition) is 0. The second kappa shape index (κ2) is 4.95. The summed E-state index contributed by atoms with van der Waals surface area (Å²) in [6.45, 7) is 1.05. The molecule has 1 atom stereocenters. The van der Waals surface area contributed by atoms with Crippen LogP contribution in [0, 0.1) is 5.92 Å². The van der Waals surface area contributed by atoms with Gasteiger partial charge in [-0.1, -0.05) is 30.3 Å².